The van der Waals surface area contributed by atoms with Crippen molar-refractivity contribution < 1.29 is 24.5 Å². The van der Waals surface area contributed by atoms with Crippen LogP contribution < -0.4 is 5.32 Å². The number of aliphatic hydroxyl groups is 2. The Morgan fingerprint density at radius 3 is 1.01 bits per heavy atom. The van der Waals surface area contributed by atoms with Crippen LogP contribution in [0.3, 0.4) is 0 Å². The number of carbonyl (C=O) groups excluding carboxylic acids is 2. The second-order valence-corrected chi connectivity index (χ2v) is 23.9. The summed E-state index contributed by atoms with van der Waals surface area (Å²) in [6.07, 6.45) is 82.1. The monoisotopic (exact) mass is 1070 g/mol. The molecule has 6 nitrogen and oxygen atoms in total. The number of hydrogen-bond acceptors (Lipinski definition) is 5. The summed E-state index contributed by atoms with van der Waals surface area (Å²) in [5.74, 6) is -0.0229. The van der Waals surface area contributed by atoms with Crippen molar-refractivity contribution in [1.82, 2.24) is 5.32 Å². The van der Waals surface area contributed by atoms with Gasteiger partial charge >= 0.3 is 5.97 Å². The number of allylic oxidation sites excluding steroid dienone is 4. The van der Waals surface area contributed by atoms with E-state index in [1.54, 1.807) is 0 Å². The summed E-state index contributed by atoms with van der Waals surface area (Å²) in [6.45, 7) is 4.97. The van der Waals surface area contributed by atoms with Gasteiger partial charge in [-0.1, -0.05) is 340 Å². The molecule has 0 heterocycles. The Morgan fingerprint density at radius 2 is 0.658 bits per heavy atom. The molecule has 0 aromatic heterocycles. The molecular formula is C70H135NO5. The molecule has 0 aliphatic heterocycles. The zero-order chi connectivity index (χ0) is 55.0. The molecule has 0 saturated heterocycles. The minimum Gasteiger partial charge on any atom is -0.466 e. The highest BCUT2D eigenvalue weighted by Crippen LogP contribution is 2.19. The van der Waals surface area contributed by atoms with E-state index in [1.807, 2.05) is 0 Å². The third-order valence-corrected chi connectivity index (χ3v) is 16.3. The van der Waals surface area contributed by atoms with Crippen molar-refractivity contribution in [3.63, 3.8) is 0 Å². The van der Waals surface area contributed by atoms with Crippen molar-refractivity contribution in [1.29, 1.82) is 0 Å². The normalized spacial score (nSPS) is 12.6. The highest BCUT2D eigenvalue weighted by molar-refractivity contribution is 5.76. The lowest BCUT2D eigenvalue weighted by atomic mass is 10.0. The van der Waals surface area contributed by atoms with E-state index in [-0.39, 0.29) is 18.5 Å². The van der Waals surface area contributed by atoms with Gasteiger partial charge in [0.15, 0.2) is 0 Å². The molecule has 450 valence electrons. The third kappa shape index (κ3) is 61.6. The quantitative estimate of drug-likeness (QED) is 0.0320. The number of nitrogens with one attached hydrogen (secondary N) is 1. The molecule has 0 bridgehead atoms. The standard InChI is InChI=1S/C70H135NO5/c1-3-5-7-9-11-13-15-17-19-21-30-34-38-42-46-50-54-58-62-68(73)67(66-72)71-69(74)63-59-55-51-47-43-39-35-31-28-26-24-23-25-27-29-33-37-41-45-49-53-57-61-65-76-70(75)64-60-56-52-48-44-40-36-32-22-20-18-16-14-12-10-8-6-4-2/h14,16,20,22,67-68,72-73H,3-13,15,17-19,21,23-66H2,1-2H3,(H,71,74)/b16-14-,22-20-. The van der Waals surface area contributed by atoms with E-state index in [2.05, 4.69) is 43.5 Å². The van der Waals surface area contributed by atoms with E-state index in [0.29, 0.717) is 25.9 Å². The van der Waals surface area contributed by atoms with E-state index in [0.717, 1.165) is 51.4 Å². The topological polar surface area (TPSA) is 95.9 Å². The molecule has 0 radical (unpaired) electrons. The summed E-state index contributed by atoms with van der Waals surface area (Å²) >= 11 is 0. The van der Waals surface area contributed by atoms with E-state index in [1.165, 1.54) is 302 Å². The van der Waals surface area contributed by atoms with Crippen molar-refractivity contribution >= 4 is 11.9 Å². The number of hydrogen-bond donors (Lipinski definition) is 3. The van der Waals surface area contributed by atoms with Gasteiger partial charge in [-0.15, -0.1) is 0 Å². The van der Waals surface area contributed by atoms with Gasteiger partial charge in [0.1, 0.15) is 0 Å². The second-order valence-electron chi connectivity index (χ2n) is 23.9. The molecule has 3 N–H and O–H groups in total. The SMILES string of the molecule is CCCCCC/C=C\C/C=C\CCCCCCCCCC(=O)OCCCCCCCCCCCCCCCCCCCCCCCCCC(=O)NC(CO)C(O)CCCCCCCCCCCCCCCCCCCC. The van der Waals surface area contributed by atoms with Gasteiger partial charge in [-0.05, 0) is 57.8 Å². The van der Waals surface area contributed by atoms with Crippen LogP contribution >= 0.6 is 0 Å². The van der Waals surface area contributed by atoms with Gasteiger partial charge in [0.05, 0.1) is 25.4 Å². The Hall–Kier alpha value is -1.66. The molecule has 0 aromatic rings. The zero-order valence-corrected chi connectivity index (χ0v) is 51.5. The summed E-state index contributed by atoms with van der Waals surface area (Å²) in [5, 5.41) is 23.4. The van der Waals surface area contributed by atoms with Crippen LogP contribution in [0.2, 0.25) is 0 Å². The molecule has 76 heavy (non-hydrogen) atoms. The number of esters is 1. The molecular weight excluding hydrogens is 935 g/mol. The number of carbonyl (C=O) groups is 2. The van der Waals surface area contributed by atoms with Gasteiger partial charge in [0.25, 0.3) is 0 Å². The fourth-order valence-corrected chi connectivity index (χ4v) is 11.0. The van der Waals surface area contributed by atoms with Gasteiger partial charge in [0.2, 0.25) is 5.91 Å². The molecule has 0 spiro atoms. The summed E-state index contributed by atoms with van der Waals surface area (Å²) in [5.41, 5.74) is 0. The van der Waals surface area contributed by atoms with Crippen molar-refractivity contribution in [2.75, 3.05) is 13.2 Å². The molecule has 2 atom stereocenters. The Bertz CT molecular complexity index is 1190. The van der Waals surface area contributed by atoms with Crippen LogP contribution in [0.1, 0.15) is 386 Å². The number of amides is 1. The van der Waals surface area contributed by atoms with Gasteiger partial charge < -0.3 is 20.3 Å². The summed E-state index contributed by atoms with van der Waals surface area (Å²) < 4.78 is 5.50. The Kier molecular flexibility index (Phi) is 64.4. The molecule has 0 aromatic carbocycles. The van der Waals surface area contributed by atoms with E-state index >= 15 is 0 Å². The molecule has 1 amide bonds. The van der Waals surface area contributed by atoms with Gasteiger partial charge in [0, 0.05) is 12.8 Å². The third-order valence-electron chi connectivity index (χ3n) is 16.3. The fraction of sp³-hybridized carbons (Fsp3) is 0.914. The Morgan fingerprint density at radius 1 is 0.368 bits per heavy atom. The van der Waals surface area contributed by atoms with Crippen LogP contribution in [0, 0.1) is 0 Å². The highest BCUT2D eigenvalue weighted by Gasteiger charge is 2.20. The van der Waals surface area contributed by atoms with Crippen LogP contribution in [0.15, 0.2) is 24.3 Å². The number of unbranched alkanes of at least 4 members (excludes halogenated alkanes) is 50. The molecule has 6 heteroatoms. The maximum absolute atomic E-state index is 12.5. The molecule has 0 aliphatic rings. The lowest BCUT2D eigenvalue weighted by molar-refractivity contribution is -0.143. The van der Waals surface area contributed by atoms with Crippen molar-refractivity contribution in [3.05, 3.63) is 24.3 Å². The van der Waals surface area contributed by atoms with Gasteiger partial charge in [-0.25, -0.2) is 0 Å². The Labute approximate surface area is 475 Å². The van der Waals surface area contributed by atoms with Crippen LogP contribution in [-0.2, 0) is 14.3 Å². The predicted molar refractivity (Wildman–Crippen MR) is 333 cm³/mol. The lowest BCUT2D eigenvalue weighted by Crippen LogP contribution is -2.45. The van der Waals surface area contributed by atoms with Crippen molar-refractivity contribution in [2.24, 2.45) is 0 Å². The molecule has 0 fully saturated rings. The van der Waals surface area contributed by atoms with Crippen LogP contribution in [0.25, 0.3) is 0 Å². The average molecular weight is 1070 g/mol. The van der Waals surface area contributed by atoms with Crippen molar-refractivity contribution in [3.8, 4) is 0 Å². The molecule has 0 aliphatic carbocycles. The summed E-state index contributed by atoms with van der Waals surface area (Å²) in [7, 11) is 0. The van der Waals surface area contributed by atoms with E-state index < -0.39 is 12.1 Å². The van der Waals surface area contributed by atoms with Crippen LogP contribution in [0.4, 0.5) is 0 Å². The zero-order valence-electron chi connectivity index (χ0n) is 51.5. The van der Waals surface area contributed by atoms with Gasteiger partial charge in [-0.3, -0.25) is 9.59 Å². The lowest BCUT2D eigenvalue weighted by Gasteiger charge is -2.22. The molecule has 2 unspecified atom stereocenters. The minimum absolute atomic E-state index is 0.00795. The van der Waals surface area contributed by atoms with Crippen LogP contribution in [-0.4, -0.2) is 47.4 Å². The number of ether oxygens (including phenoxy) is 1. The summed E-state index contributed by atoms with van der Waals surface area (Å²) in [6, 6.07) is -0.541. The van der Waals surface area contributed by atoms with Crippen molar-refractivity contribution in [2.45, 2.75) is 398 Å². The average Bonchev–Trinajstić information content (AvgIpc) is 3.42. The second kappa shape index (κ2) is 65.9. The molecule has 0 saturated carbocycles. The maximum atomic E-state index is 12.5. The van der Waals surface area contributed by atoms with E-state index in [9.17, 15) is 19.8 Å². The van der Waals surface area contributed by atoms with E-state index in [4.69, 9.17) is 4.74 Å². The fourth-order valence-electron chi connectivity index (χ4n) is 11.0. The molecule has 0 rings (SSSR count). The largest absolute Gasteiger partial charge is 0.466 e. The first-order chi connectivity index (χ1) is 37.5. The maximum Gasteiger partial charge on any atom is 0.305 e. The first-order valence-corrected chi connectivity index (χ1v) is 34.6. The highest BCUT2D eigenvalue weighted by atomic mass is 16.5. The van der Waals surface area contributed by atoms with Gasteiger partial charge in [-0.2, -0.15) is 0 Å². The number of rotatable bonds is 65. The first-order valence-electron chi connectivity index (χ1n) is 34.6. The predicted octanol–water partition coefficient (Wildman–Crippen LogP) is 22.1. The first kappa shape index (κ1) is 74.3. The summed E-state index contributed by atoms with van der Waals surface area (Å²) in [4.78, 5) is 24.6. The Balaban J connectivity index is 3.37. The number of aliphatic hydroxyl groups excluding tert-OH is 2. The minimum atomic E-state index is -0.664. The van der Waals surface area contributed by atoms with Crippen LogP contribution in [0.5, 0.6) is 0 Å². The smallest absolute Gasteiger partial charge is 0.305 e.